The highest BCUT2D eigenvalue weighted by atomic mass is 35.5. The molecular formula is C26H29Cl2NO5. The standard InChI is InChI=1S/C26H29Cl2NO5/c1-15(2)14-34-21-9-7-18(12-16(21)3)24(30)22-23(17-6-8-19(27)20(28)13-17)29(10-5-11-33-4)26(32)25(22)31/h6-9,12-13,15,23,30H,5,10-11,14H2,1-4H3/b24-22+/t23-/m1/s1. The normalized spacial score (nSPS) is 17.6. The monoisotopic (exact) mass is 505 g/mol. The van der Waals surface area contributed by atoms with E-state index in [2.05, 4.69) is 13.8 Å². The first kappa shape index (κ1) is 26.1. The average molecular weight is 506 g/mol. The van der Waals surface area contributed by atoms with Crippen molar-refractivity contribution in [2.75, 3.05) is 26.9 Å². The largest absolute Gasteiger partial charge is 0.507 e. The Labute approximate surface area is 210 Å². The summed E-state index contributed by atoms with van der Waals surface area (Å²) in [4.78, 5) is 27.5. The predicted molar refractivity (Wildman–Crippen MR) is 133 cm³/mol. The van der Waals surface area contributed by atoms with E-state index >= 15 is 0 Å². The molecule has 0 aliphatic carbocycles. The Kier molecular flexibility index (Phi) is 8.63. The molecule has 6 nitrogen and oxygen atoms in total. The van der Waals surface area contributed by atoms with Crippen LogP contribution in [0.2, 0.25) is 10.0 Å². The molecule has 0 unspecified atom stereocenters. The topological polar surface area (TPSA) is 76.1 Å². The number of ketones is 1. The van der Waals surface area contributed by atoms with Gasteiger partial charge in [-0.2, -0.15) is 0 Å². The van der Waals surface area contributed by atoms with Crippen molar-refractivity contribution in [1.82, 2.24) is 4.90 Å². The smallest absolute Gasteiger partial charge is 0.295 e. The van der Waals surface area contributed by atoms with Gasteiger partial charge in [0, 0.05) is 25.8 Å². The van der Waals surface area contributed by atoms with Crippen LogP contribution in [0.3, 0.4) is 0 Å². The number of ether oxygens (including phenoxy) is 2. The van der Waals surface area contributed by atoms with E-state index in [4.69, 9.17) is 32.7 Å². The summed E-state index contributed by atoms with van der Waals surface area (Å²) in [6.07, 6.45) is 0.530. The second-order valence-corrected chi connectivity index (χ2v) is 9.51. The van der Waals surface area contributed by atoms with E-state index in [9.17, 15) is 14.7 Å². The molecule has 0 radical (unpaired) electrons. The molecular weight excluding hydrogens is 477 g/mol. The van der Waals surface area contributed by atoms with Gasteiger partial charge in [0.1, 0.15) is 11.5 Å². The number of hydrogen-bond acceptors (Lipinski definition) is 5. The minimum absolute atomic E-state index is 0.0102. The number of Topliss-reactive ketones (excluding diaryl/α,β-unsaturated/α-hetero) is 1. The van der Waals surface area contributed by atoms with E-state index in [0.717, 1.165) is 5.56 Å². The van der Waals surface area contributed by atoms with Crippen LogP contribution in [0.15, 0.2) is 42.0 Å². The highest BCUT2D eigenvalue weighted by Crippen LogP contribution is 2.41. The lowest BCUT2D eigenvalue weighted by atomic mass is 9.94. The number of aryl methyl sites for hydroxylation is 1. The van der Waals surface area contributed by atoms with Crippen LogP contribution in [-0.2, 0) is 14.3 Å². The fourth-order valence-electron chi connectivity index (χ4n) is 3.89. The first-order valence-corrected chi connectivity index (χ1v) is 11.9. The third-order valence-electron chi connectivity index (χ3n) is 5.57. The number of methoxy groups -OCH3 is 1. The van der Waals surface area contributed by atoms with E-state index in [1.807, 2.05) is 6.92 Å². The van der Waals surface area contributed by atoms with E-state index in [1.165, 1.54) is 4.90 Å². The highest BCUT2D eigenvalue weighted by molar-refractivity contribution is 6.46. The molecule has 182 valence electrons. The maximum Gasteiger partial charge on any atom is 0.295 e. The Hall–Kier alpha value is -2.54. The van der Waals surface area contributed by atoms with Gasteiger partial charge in [-0.05, 0) is 60.7 Å². The molecule has 0 spiro atoms. The number of nitrogens with zero attached hydrogens (tertiary/aromatic N) is 1. The Morgan fingerprint density at radius 3 is 2.47 bits per heavy atom. The van der Waals surface area contributed by atoms with E-state index in [1.54, 1.807) is 43.5 Å². The molecule has 1 heterocycles. The maximum absolute atomic E-state index is 13.1. The van der Waals surface area contributed by atoms with Gasteiger partial charge in [0.2, 0.25) is 0 Å². The molecule has 0 bridgehead atoms. The van der Waals surface area contributed by atoms with Gasteiger partial charge in [0.15, 0.2) is 0 Å². The van der Waals surface area contributed by atoms with Crippen molar-refractivity contribution < 1.29 is 24.2 Å². The second kappa shape index (κ2) is 11.3. The predicted octanol–water partition coefficient (Wildman–Crippen LogP) is 5.79. The lowest BCUT2D eigenvalue weighted by Gasteiger charge is -2.25. The van der Waals surface area contributed by atoms with Gasteiger partial charge in [-0.25, -0.2) is 0 Å². The van der Waals surface area contributed by atoms with Gasteiger partial charge in [0.25, 0.3) is 11.7 Å². The molecule has 1 atom stereocenters. The zero-order valence-corrected chi connectivity index (χ0v) is 21.2. The number of rotatable bonds is 9. The van der Waals surface area contributed by atoms with Gasteiger partial charge < -0.3 is 19.5 Å². The van der Waals surface area contributed by atoms with Crippen molar-refractivity contribution in [3.63, 3.8) is 0 Å². The van der Waals surface area contributed by atoms with E-state index in [0.29, 0.717) is 52.5 Å². The number of hydrogen-bond donors (Lipinski definition) is 1. The Balaban J connectivity index is 2.08. The van der Waals surface area contributed by atoms with Gasteiger partial charge in [-0.3, -0.25) is 9.59 Å². The molecule has 1 amide bonds. The maximum atomic E-state index is 13.1. The molecule has 1 saturated heterocycles. The first-order chi connectivity index (χ1) is 16.1. The number of benzene rings is 2. The van der Waals surface area contributed by atoms with Crippen LogP contribution >= 0.6 is 23.2 Å². The molecule has 0 saturated carbocycles. The molecule has 1 aliphatic heterocycles. The van der Waals surface area contributed by atoms with E-state index < -0.39 is 17.7 Å². The SMILES string of the molecule is COCCCN1C(=O)C(=O)/C(=C(/O)c2ccc(OCC(C)C)c(C)c2)[C@H]1c1ccc(Cl)c(Cl)c1. The fourth-order valence-corrected chi connectivity index (χ4v) is 4.20. The molecule has 1 fully saturated rings. The third kappa shape index (κ3) is 5.57. The van der Waals surface area contributed by atoms with Crippen molar-refractivity contribution in [1.29, 1.82) is 0 Å². The summed E-state index contributed by atoms with van der Waals surface area (Å²) in [5.41, 5.74) is 1.83. The molecule has 3 rings (SSSR count). The first-order valence-electron chi connectivity index (χ1n) is 11.1. The highest BCUT2D eigenvalue weighted by Gasteiger charge is 2.46. The molecule has 8 heteroatoms. The van der Waals surface area contributed by atoms with Gasteiger partial charge >= 0.3 is 0 Å². The van der Waals surface area contributed by atoms with Crippen LogP contribution in [0, 0.1) is 12.8 Å². The summed E-state index contributed by atoms with van der Waals surface area (Å²) in [7, 11) is 1.57. The summed E-state index contributed by atoms with van der Waals surface area (Å²) >= 11 is 12.3. The van der Waals surface area contributed by atoms with Crippen LogP contribution in [0.4, 0.5) is 0 Å². The van der Waals surface area contributed by atoms with Crippen LogP contribution in [0.1, 0.15) is 43.0 Å². The number of amides is 1. The molecule has 2 aromatic carbocycles. The fraction of sp³-hybridized carbons (Fsp3) is 0.385. The number of aliphatic hydroxyl groups is 1. The van der Waals surface area contributed by atoms with Crippen LogP contribution < -0.4 is 4.74 Å². The quantitative estimate of drug-likeness (QED) is 0.202. The third-order valence-corrected chi connectivity index (χ3v) is 6.31. The van der Waals surface area contributed by atoms with Crippen LogP contribution in [-0.4, -0.2) is 48.6 Å². The summed E-state index contributed by atoms with van der Waals surface area (Å²) in [6, 6.07) is 9.32. The average Bonchev–Trinajstić information content (AvgIpc) is 3.04. The van der Waals surface area contributed by atoms with Crippen molar-refractivity contribution in [2.24, 2.45) is 5.92 Å². The second-order valence-electron chi connectivity index (χ2n) is 8.70. The summed E-state index contributed by atoms with van der Waals surface area (Å²) in [5, 5.41) is 11.9. The van der Waals surface area contributed by atoms with Crippen LogP contribution in [0.25, 0.3) is 5.76 Å². The minimum Gasteiger partial charge on any atom is -0.507 e. The lowest BCUT2D eigenvalue weighted by molar-refractivity contribution is -0.140. The Morgan fingerprint density at radius 1 is 1.12 bits per heavy atom. The van der Waals surface area contributed by atoms with Crippen molar-refractivity contribution in [2.45, 2.75) is 33.2 Å². The summed E-state index contributed by atoms with van der Waals surface area (Å²) in [5.74, 6) is -0.604. The summed E-state index contributed by atoms with van der Waals surface area (Å²) in [6.45, 7) is 7.26. The Morgan fingerprint density at radius 2 is 1.85 bits per heavy atom. The number of halogens is 2. The van der Waals surface area contributed by atoms with Crippen molar-refractivity contribution in [3.8, 4) is 5.75 Å². The number of aliphatic hydroxyl groups excluding tert-OH is 1. The van der Waals surface area contributed by atoms with Crippen LogP contribution in [0.5, 0.6) is 5.75 Å². The number of carbonyl (C=O) groups is 2. The summed E-state index contributed by atoms with van der Waals surface area (Å²) < 4.78 is 10.9. The lowest BCUT2D eigenvalue weighted by Crippen LogP contribution is -2.31. The van der Waals surface area contributed by atoms with Gasteiger partial charge in [-0.1, -0.05) is 43.1 Å². The van der Waals surface area contributed by atoms with Gasteiger partial charge in [-0.15, -0.1) is 0 Å². The van der Waals surface area contributed by atoms with Crippen molar-refractivity contribution in [3.05, 3.63) is 68.7 Å². The number of likely N-dealkylation sites (tertiary alicyclic amines) is 1. The Bertz CT molecular complexity index is 1110. The van der Waals surface area contributed by atoms with Crippen molar-refractivity contribution >= 4 is 40.7 Å². The zero-order chi connectivity index (χ0) is 25.0. The zero-order valence-electron chi connectivity index (χ0n) is 19.7. The van der Waals surface area contributed by atoms with E-state index in [-0.39, 0.29) is 17.9 Å². The molecule has 1 N–H and O–H groups in total. The van der Waals surface area contributed by atoms with Gasteiger partial charge in [0.05, 0.1) is 28.3 Å². The molecule has 1 aliphatic rings. The molecule has 34 heavy (non-hydrogen) atoms. The molecule has 0 aromatic heterocycles. The number of carbonyl (C=O) groups excluding carboxylic acids is 2. The molecule has 2 aromatic rings. The minimum atomic E-state index is -0.802.